The normalized spacial score (nSPS) is 9.08. The molecule has 0 aromatic heterocycles. The molecule has 0 aromatic rings. The summed E-state index contributed by atoms with van der Waals surface area (Å²) in [7, 11) is -10.8. The Kier molecular flexibility index (Phi) is 30.5. The molecule has 0 fully saturated rings. The third kappa shape index (κ3) is 257. The van der Waals surface area contributed by atoms with Crippen LogP contribution in [0.1, 0.15) is 1.43 Å². The van der Waals surface area contributed by atoms with Crippen LogP contribution in [0.5, 0.6) is 0 Å². The summed E-state index contributed by atoms with van der Waals surface area (Å²) in [6.07, 6.45) is 0. The van der Waals surface area contributed by atoms with Crippen LogP contribution in [-0.2, 0) is 9.13 Å². The Morgan fingerprint density at radius 2 is 0.615 bits per heavy atom. The van der Waals surface area contributed by atoms with Crippen molar-refractivity contribution in [1.82, 2.24) is 0 Å². The van der Waals surface area contributed by atoms with Crippen LogP contribution in [0.4, 0.5) is 0 Å². The average molecular weight is 260 g/mol. The Balaban J connectivity index is -0.0000000178. The quantitative estimate of drug-likeness (QED) is 0.304. The Bertz CT molecular complexity index is 135. The molecule has 0 aliphatic rings. The number of hydrogen-bond acceptors (Lipinski definition) is 8. The first-order valence-electron chi connectivity index (χ1n) is 1.46. The summed E-state index contributed by atoms with van der Waals surface area (Å²) in [6.45, 7) is 0. The molecule has 0 saturated heterocycles. The molecule has 0 spiro atoms. The zero-order valence-electron chi connectivity index (χ0n) is 8.16. The number of rotatable bonds is 0. The first-order chi connectivity index (χ1) is 4.00. The molecule has 0 N–H and O–H groups in total. The zero-order chi connectivity index (χ0) is 9.00. The average Bonchev–Trinajstić information content (AvgIpc) is 1.12. The molecule has 0 rings (SSSR count). The molecule has 64 valence electrons. The molecule has 0 aliphatic carbocycles. The van der Waals surface area contributed by atoms with E-state index >= 15 is 0 Å². The Morgan fingerprint density at radius 3 is 0.615 bits per heavy atom. The fourth-order valence-corrected chi connectivity index (χ4v) is 0. The molecule has 0 heterocycles. The van der Waals surface area contributed by atoms with Crippen LogP contribution >= 0.6 is 15.6 Å². The van der Waals surface area contributed by atoms with Gasteiger partial charge in [0.25, 0.3) is 0 Å². The van der Waals surface area contributed by atoms with E-state index in [9.17, 15) is 0 Å². The van der Waals surface area contributed by atoms with E-state index in [0.29, 0.717) is 0 Å². The summed E-state index contributed by atoms with van der Waals surface area (Å²) in [5.41, 5.74) is 0. The Morgan fingerprint density at radius 1 is 0.615 bits per heavy atom. The fourth-order valence-electron chi connectivity index (χ4n) is 0. The molecule has 13 heteroatoms. The SMILES string of the molecule is O=P([O-])([O-])[O-].O=P([O-])([O-])[O-].[H+].[Na+].[Na+].[Na+]. The Hall–Kier alpha value is 3.22. The second-order valence-electron chi connectivity index (χ2n) is 0.894. The molecule has 8 nitrogen and oxygen atoms in total. The van der Waals surface area contributed by atoms with Crippen molar-refractivity contribution in [1.29, 1.82) is 0 Å². The van der Waals surface area contributed by atoms with Crippen molar-refractivity contribution in [2.75, 3.05) is 0 Å². The summed E-state index contributed by atoms with van der Waals surface area (Å²) in [6, 6.07) is 0. The number of phosphoric acid groups is 2. The van der Waals surface area contributed by atoms with Gasteiger partial charge in [-0.25, -0.2) is 0 Å². The molecule has 0 amide bonds. The molecule has 0 radical (unpaired) electrons. The largest absolute Gasteiger partial charge is 1.00 e. The van der Waals surface area contributed by atoms with Crippen LogP contribution in [0.25, 0.3) is 0 Å². The molecule has 0 saturated carbocycles. The third-order valence-corrected chi connectivity index (χ3v) is 0. The van der Waals surface area contributed by atoms with Crippen LogP contribution in [0.15, 0.2) is 0 Å². The minimum Gasteiger partial charge on any atom is -0.822 e. The monoisotopic (exact) mass is 260 g/mol. The van der Waals surface area contributed by atoms with E-state index in [4.69, 9.17) is 38.5 Å². The summed E-state index contributed by atoms with van der Waals surface area (Å²) in [4.78, 5) is 51.3. The van der Waals surface area contributed by atoms with E-state index in [1.807, 2.05) is 0 Å². The van der Waals surface area contributed by atoms with E-state index in [1.54, 1.807) is 0 Å². The van der Waals surface area contributed by atoms with E-state index in [2.05, 4.69) is 0 Å². The maximum absolute atomic E-state index is 8.55. The standard InChI is InChI=1S/3Na.2H3O4P/c;;;2*1-5(2,3)4/h;;;2*(H3,1,2,3,4)/q3*+1;;/p-5. The van der Waals surface area contributed by atoms with Gasteiger partial charge < -0.3 is 38.5 Å². The van der Waals surface area contributed by atoms with Gasteiger partial charge in [0.05, 0.1) is 0 Å². The van der Waals surface area contributed by atoms with Crippen LogP contribution in [0.2, 0.25) is 0 Å². The van der Waals surface area contributed by atoms with Gasteiger partial charge in [-0.2, -0.15) is 15.6 Å². The summed E-state index contributed by atoms with van der Waals surface area (Å²) >= 11 is 0. The van der Waals surface area contributed by atoms with Crippen LogP contribution < -0.4 is 118 Å². The predicted molar refractivity (Wildman–Crippen MR) is 16.3 cm³/mol. The minimum absolute atomic E-state index is 0. The van der Waals surface area contributed by atoms with Crippen molar-refractivity contribution in [3.8, 4) is 0 Å². The predicted octanol–water partition coefficient (Wildman–Crippen LogP) is -14.5. The number of hydrogen-bond donors (Lipinski definition) is 0. The van der Waals surface area contributed by atoms with Crippen molar-refractivity contribution in [2.24, 2.45) is 0 Å². The van der Waals surface area contributed by atoms with Gasteiger partial charge in [0, 0.05) is 0 Å². The third-order valence-electron chi connectivity index (χ3n) is 0. The van der Waals surface area contributed by atoms with Crippen LogP contribution in [0.3, 0.4) is 0 Å². The van der Waals surface area contributed by atoms with Gasteiger partial charge in [-0.05, 0) is 0 Å². The van der Waals surface area contributed by atoms with Gasteiger partial charge in [-0.3, -0.25) is 0 Å². The van der Waals surface area contributed by atoms with Crippen molar-refractivity contribution in [3.05, 3.63) is 0 Å². The summed E-state index contributed by atoms with van der Waals surface area (Å²) in [5.74, 6) is 0. The first-order valence-corrected chi connectivity index (χ1v) is 4.38. The molecule has 0 aliphatic heterocycles. The minimum atomic E-state index is -5.39. The van der Waals surface area contributed by atoms with E-state index in [0.717, 1.165) is 0 Å². The molecular weight excluding hydrogens is 259 g/mol. The van der Waals surface area contributed by atoms with Crippen molar-refractivity contribution >= 4 is 15.6 Å². The van der Waals surface area contributed by atoms with E-state index in [1.165, 1.54) is 0 Å². The smallest absolute Gasteiger partial charge is 0.822 e. The van der Waals surface area contributed by atoms with E-state index in [-0.39, 0.29) is 90.1 Å². The van der Waals surface area contributed by atoms with Gasteiger partial charge in [0.15, 0.2) is 0 Å². The van der Waals surface area contributed by atoms with Gasteiger partial charge in [0.2, 0.25) is 0 Å². The molecule has 13 heavy (non-hydrogen) atoms. The van der Waals surface area contributed by atoms with Gasteiger partial charge >= 0.3 is 90.1 Å². The second-order valence-corrected chi connectivity index (χ2v) is 2.68. The summed E-state index contributed by atoms with van der Waals surface area (Å²) in [5, 5.41) is 0. The van der Waals surface area contributed by atoms with Gasteiger partial charge in [0.1, 0.15) is 0 Å². The fraction of sp³-hybridized carbons (Fsp3) is 0. The maximum Gasteiger partial charge on any atom is 1.00 e. The topological polar surface area (TPSA) is 172 Å². The van der Waals surface area contributed by atoms with Crippen LogP contribution in [-0.4, -0.2) is 0 Å². The van der Waals surface area contributed by atoms with Crippen molar-refractivity contribution in [2.45, 2.75) is 0 Å². The van der Waals surface area contributed by atoms with Gasteiger partial charge in [-0.15, -0.1) is 0 Å². The first kappa shape index (κ1) is 29.8. The molecule has 0 aromatic carbocycles. The van der Waals surface area contributed by atoms with E-state index < -0.39 is 15.6 Å². The maximum atomic E-state index is 8.55. The Labute approximate surface area is 142 Å². The zero-order valence-corrected chi connectivity index (χ0v) is 14.9. The van der Waals surface area contributed by atoms with Gasteiger partial charge in [-0.1, -0.05) is 0 Å². The van der Waals surface area contributed by atoms with Crippen LogP contribution in [0, 0.1) is 0 Å². The van der Waals surface area contributed by atoms with Crippen molar-refractivity contribution in [3.63, 3.8) is 0 Å². The molecule has 0 bridgehead atoms. The molecular formula is HNa3O8P2-2. The summed E-state index contributed by atoms with van der Waals surface area (Å²) < 4.78 is 17.1. The van der Waals surface area contributed by atoms with Crippen molar-refractivity contribution < 1.29 is 129 Å². The second kappa shape index (κ2) is 13.3. The molecule has 0 unspecified atom stereocenters. The molecule has 0 atom stereocenters.